The maximum Gasteiger partial charge on any atom is 0.412 e. The van der Waals surface area contributed by atoms with E-state index >= 15 is 0 Å². The maximum absolute atomic E-state index is 13.7. The number of nitrogens with one attached hydrogen (secondary N) is 1. The first kappa shape index (κ1) is 37.8. The molecule has 48 heavy (non-hydrogen) atoms. The lowest BCUT2D eigenvalue weighted by molar-refractivity contribution is -0.177. The number of aryl methyl sites for hydroxylation is 1. The molecule has 8 atom stereocenters. The number of Topliss-reactive ketones (excluding diaryl/α,β-unsaturated/α-hetero) is 1. The second-order valence-corrected chi connectivity index (χ2v) is 14.9. The Kier molecular flexibility index (Phi) is 12.0. The highest BCUT2D eigenvalue weighted by Crippen LogP contribution is 2.45. The third-order valence-electron chi connectivity index (χ3n) is 10.6. The zero-order valence-electron chi connectivity index (χ0n) is 29.7. The van der Waals surface area contributed by atoms with E-state index in [1.165, 1.54) is 11.3 Å². The lowest BCUT2D eigenvalue weighted by atomic mass is 9.62. The van der Waals surface area contributed by atoms with Gasteiger partial charge in [0.2, 0.25) is 0 Å². The van der Waals surface area contributed by atoms with Crippen LogP contribution in [-0.2, 0) is 30.3 Å². The van der Waals surface area contributed by atoms with E-state index in [-0.39, 0.29) is 11.7 Å². The Morgan fingerprint density at radius 2 is 1.88 bits per heavy atom. The average molecular weight is 686 g/mol. The summed E-state index contributed by atoms with van der Waals surface area (Å²) in [6.45, 7) is 14.6. The SMILES string of the molecule is [B][C@@H]1[C@@H](C)C(=O)[C@@H](C)C(=O)O[C@H](CC)[C@@]2(C)OC(=O)N(CCCCn3cc(-c4cnc(N)s4)nn3)[C@]2(CC)NCC[C@@H](C)C[C@@]1(C)OC. The number of carbonyl (C=O) groups is 3. The fourth-order valence-corrected chi connectivity index (χ4v) is 8.12. The van der Waals surface area contributed by atoms with Gasteiger partial charge in [-0.3, -0.25) is 24.5 Å². The molecule has 15 heteroatoms. The van der Waals surface area contributed by atoms with Crippen LogP contribution in [0.5, 0.6) is 0 Å². The molecule has 2 radical (unpaired) electrons. The van der Waals surface area contributed by atoms with Crippen LogP contribution in [0.2, 0.25) is 5.82 Å². The molecule has 0 spiro atoms. The molecule has 2 saturated heterocycles. The molecule has 2 aliphatic heterocycles. The number of unbranched alkanes of at least 4 members (excludes halogenated alkanes) is 1. The molecule has 2 aromatic heterocycles. The van der Waals surface area contributed by atoms with E-state index in [4.69, 9.17) is 27.8 Å². The van der Waals surface area contributed by atoms with Gasteiger partial charge in [0.05, 0.1) is 24.5 Å². The van der Waals surface area contributed by atoms with Crippen molar-refractivity contribution < 1.29 is 28.6 Å². The standard InChI is InChI=1S/C33H52BN7O6S/c1-9-25-32(7)33(10-2,37-14-13-20(3)17-31(6,45-8)27(34)21(4)26(42)22(5)28(43)46-25)41(30(44)47-32)16-12-11-15-40-19-23(38-39-40)24-18-36-29(35)48-24/h18-22,25,27,37H,9-17H2,1-8H3,(H2,35,36)/t20-,21+,22-,25-,27-,31-,32-,33+/m1/s1. The Bertz CT molecular complexity index is 1440. The zero-order chi connectivity index (χ0) is 35.4. The molecule has 0 saturated carbocycles. The summed E-state index contributed by atoms with van der Waals surface area (Å²) in [6, 6.07) is 0. The first-order chi connectivity index (χ1) is 22.7. The summed E-state index contributed by atoms with van der Waals surface area (Å²) in [4.78, 5) is 47.6. The lowest BCUT2D eigenvalue weighted by Gasteiger charge is -2.48. The Morgan fingerprint density at radius 3 is 2.50 bits per heavy atom. The Balaban J connectivity index is 1.58. The van der Waals surface area contributed by atoms with Crippen LogP contribution in [0.4, 0.5) is 9.93 Å². The summed E-state index contributed by atoms with van der Waals surface area (Å²) in [7, 11) is 8.27. The monoisotopic (exact) mass is 685 g/mol. The minimum absolute atomic E-state index is 0.166. The predicted molar refractivity (Wildman–Crippen MR) is 184 cm³/mol. The molecule has 4 heterocycles. The van der Waals surface area contributed by atoms with Gasteiger partial charge in [0, 0.05) is 32.3 Å². The number of anilines is 1. The first-order valence-electron chi connectivity index (χ1n) is 17.1. The number of nitrogens with zero attached hydrogens (tertiary/aromatic N) is 5. The zero-order valence-corrected chi connectivity index (χ0v) is 30.5. The summed E-state index contributed by atoms with van der Waals surface area (Å²) in [5.41, 5.74) is 3.45. The molecule has 0 unspecified atom stereocenters. The molecule has 1 amide bonds. The van der Waals surface area contributed by atoms with Gasteiger partial charge in [-0.1, -0.05) is 44.2 Å². The maximum atomic E-state index is 13.7. The van der Waals surface area contributed by atoms with Crippen molar-refractivity contribution in [1.29, 1.82) is 0 Å². The van der Waals surface area contributed by atoms with E-state index in [1.54, 1.807) is 36.7 Å². The number of cyclic esters (lactones) is 1. The topological polar surface area (TPSA) is 164 Å². The Hall–Kier alpha value is -3.04. The highest BCUT2D eigenvalue weighted by atomic mass is 32.1. The molecule has 2 aromatic rings. The van der Waals surface area contributed by atoms with Crippen LogP contribution in [0.25, 0.3) is 10.6 Å². The molecule has 3 N–H and O–H groups in total. The predicted octanol–water partition coefficient (Wildman–Crippen LogP) is 4.63. The van der Waals surface area contributed by atoms with Crippen molar-refractivity contribution in [2.24, 2.45) is 17.8 Å². The molecule has 0 bridgehead atoms. The number of ether oxygens (including phenoxy) is 3. The van der Waals surface area contributed by atoms with E-state index < -0.39 is 52.7 Å². The number of rotatable bonds is 9. The molecular formula is C33H52BN7O6S. The van der Waals surface area contributed by atoms with E-state index in [2.05, 4.69) is 27.5 Å². The number of amides is 1. The number of hydrogen-bond acceptors (Lipinski definition) is 12. The van der Waals surface area contributed by atoms with Crippen LogP contribution in [0.3, 0.4) is 0 Å². The number of carbonyl (C=O) groups excluding carboxylic acids is 3. The third-order valence-corrected chi connectivity index (χ3v) is 11.5. The van der Waals surface area contributed by atoms with Crippen LogP contribution in [0.1, 0.15) is 87.0 Å². The molecule has 4 rings (SSSR count). The van der Waals surface area contributed by atoms with Gasteiger partial charge in [0.25, 0.3) is 0 Å². The number of nitrogens with two attached hydrogens (primary N) is 1. The molecule has 2 fully saturated rings. The highest BCUT2D eigenvalue weighted by molar-refractivity contribution is 7.18. The van der Waals surface area contributed by atoms with Gasteiger partial charge in [0.15, 0.2) is 10.7 Å². The van der Waals surface area contributed by atoms with Gasteiger partial charge in [-0.2, -0.15) is 0 Å². The number of nitrogen functional groups attached to an aromatic ring is 1. The summed E-state index contributed by atoms with van der Waals surface area (Å²) < 4.78 is 20.0. The second-order valence-electron chi connectivity index (χ2n) is 13.8. The lowest BCUT2D eigenvalue weighted by Crippen LogP contribution is -2.70. The van der Waals surface area contributed by atoms with Crippen LogP contribution < -0.4 is 11.1 Å². The summed E-state index contributed by atoms with van der Waals surface area (Å²) >= 11 is 1.35. The number of ketones is 1. The molecule has 0 aromatic carbocycles. The molecular weight excluding hydrogens is 633 g/mol. The smallest absolute Gasteiger partial charge is 0.412 e. The van der Waals surface area contributed by atoms with E-state index in [0.29, 0.717) is 56.1 Å². The van der Waals surface area contributed by atoms with Crippen LogP contribution >= 0.6 is 11.3 Å². The third kappa shape index (κ3) is 7.28. The van der Waals surface area contributed by atoms with Crippen LogP contribution in [-0.4, -0.2) is 93.7 Å². The van der Waals surface area contributed by atoms with Crippen molar-refractivity contribution in [3.8, 4) is 10.6 Å². The average Bonchev–Trinajstić information content (AvgIpc) is 3.77. The Labute approximate surface area is 289 Å². The molecule has 2 aliphatic rings. The van der Waals surface area contributed by atoms with Crippen molar-refractivity contribution in [2.45, 2.75) is 122 Å². The van der Waals surface area contributed by atoms with Gasteiger partial charge < -0.3 is 19.9 Å². The number of fused-ring (bicyclic) bond motifs is 1. The largest absolute Gasteiger partial charge is 0.457 e. The molecule has 264 valence electrons. The highest BCUT2D eigenvalue weighted by Gasteiger charge is 2.65. The van der Waals surface area contributed by atoms with Crippen LogP contribution in [0.15, 0.2) is 12.4 Å². The Morgan fingerprint density at radius 1 is 1.17 bits per heavy atom. The van der Waals surface area contributed by atoms with Crippen molar-refractivity contribution in [1.82, 2.24) is 30.2 Å². The van der Waals surface area contributed by atoms with Gasteiger partial charge in [-0.25, -0.2) is 9.78 Å². The van der Waals surface area contributed by atoms with Crippen molar-refractivity contribution in [3.05, 3.63) is 12.4 Å². The quantitative estimate of drug-likeness (QED) is 0.164. The van der Waals surface area contributed by atoms with E-state index in [0.717, 1.165) is 17.7 Å². The number of hydrogen-bond donors (Lipinski definition) is 2. The summed E-state index contributed by atoms with van der Waals surface area (Å²) in [6.07, 6.45) is 5.87. The minimum atomic E-state index is -1.24. The van der Waals surface area contributed by atoms with Gasteiger partial charge in [-0.15, -0.1) is 5.10 Å². The van der Waals surface area contributed by atoms with E-state index in [9.17, 15) is 14.4 Å². The van der Waals surface area contributed by atoms with Crippen molar-refractivity contribution in [3.63, 3.8) is 0 Å². The second kappa shape index (κ2) is 15.2. The van der Waals surface area contributed by atoms with E-state index in [1.807, 2.05) is 33.9 Å². The van der Waals surface area contributed by atoms with Gasteiger partial charge >= 0.3 is 12.1 Å². The summed E-state index contributed by atoms with van der Waals surface area (Å²) in [5, 5.41) is 12.7. The van der Waals surface area contributed by atoms with Crippen molar-refractivity contribution in [2.75, 3.05) is 25.9 Å². The van der Waals surface area contributed by atoms with Crippen LogP contribution in [0, 0.1) is 17.8 Å². The number of esters is 1. The molecule has 13 nitrogen and oxygen atoms in total. The first-order valence-corrected chi connectivity index (χ1v) is 17.9. The molecule has 0 aliphatic carbocycles. The number of thiazole rings is 1. The number of methoxy groups -OCH3 is 1. The van der Waals surface area contributed by atoms with Gasteiger partial charge in [0.1, 0.15) is 29.2 Å². The summed E-state index contributed by atoms with van der Waals surface area (Å²) in [5.74, 6) is -3.14. The van der Waals surface area contributed by atoms with Gasteiger partial charge in [-0.05, 0) is 77.6 Å². The normalized spacial score (nSPS) is 33.9. The fraction of sp³-hybridized carbons (Fsp3) is 0.758. The minimum Gasteiger partial charge on any atom is -0.457 e. The fourth-order valence-electron chi connectivity index (χ4n) is 7.49. The van der Waals surface area contributed by atoms with Crippen molar-refractivity contribution >= 4 is 42.2 Å². The number of aromatic nitrogens is 4.